The molecule has 1 N–H and O–H groups in total. The number of rotatable bonds is 6. The number of hydrogen-bond donors (Lipinski definition) is 1. The SMILES string of the molecule is CCOC(=O)COc1c(Cl)cc(C=C2SC(=O)NC2=O)cc1OC. The zero-order valence-electron chi connectivity index (χ0n) is 12.9. The number of halogens is 1. The van der Waals surface area contributed by atoms with Crippen LogP contribution in [-0.4, -0.2) is 37.4 Å². The second kappa shape index (κ2) is 8.07. The van der Waals surface area contributed by atoms with Crippen LogP contribution in [0.1, 0.15) is 12.5 Å². The van der Waals surface area contributed by atoms with E-state index >= 15 is 0 Å². The molecule has 2 amide bonds. The minimum absolute atomic E-state index is 0.189. The Labute approximate surface area is 147 Å². The Kier molecular flexibility index (Phi) is 6.10. The van der Waals surface area contributed by atoms with E-state index in [2.05, 4.69) is 5.32 Å². The molecule has 9 heteroatoms. The van der Waals surface area contributed by atoms with Gasteiger partial charge in [0, 0.05) is 0 Å². The molecule has 128 valence electrons. The highest BCUT2D eigenvalue weighted by atomic mass is 35.5. The highest BCUT2D eigenvalue weighted by Crippen LogP contribution is 2.38. The summed E-state index contributed by atoms with van der Waals surface area (Å²) < 4.78 is 15.3. The molecule has 0 atom stereocenters. The molecule has 0 aliphatic carbocycles. The predicted octanol–water partition coefficient (Wildman–Crippen LogP) is 2.61. The molecule has 1 fully saturated rings. The number of methoxy groups -OCH3 is 1. The average Bonchev–Trinajstić information content (AvgIpc) is 2.83. The lowest BCUT2D eigenvalue weighted by atomic mass is 10.2. The maximum absolute atomic E-state index is 11.6. The van der Waals surface area contributed by atoms with Gasteiger partial charge in [-0.15, -0.1) is 0 Å². The lowest BCUT2D eigenvalue weighted by Gasteiger charge is -2.13. The highest BCUT2D eigenvalue weighted by Gasteiger charge is 2.25. The van der Waals surface area contributed by atoms with Crippen LogP contribution in [0.15, 0.2) is 17.0 Å². The van der Waals surface area contributed by atoms with Gasteiger partial charge in [0.05, 0.1) is 23.6 Å². The first-order valence-electron chi connectivity index (χ1n) is 6.85. The minimum Gasteiger partial charge on any atom is -0.493 e. The molecular weight excluding hydrogens is 358 g/mol. The van der Waals surface area contributed by atoms with Gasteiger partial charge < -0.3 is 14.2 Å². The third-order valence-electron chi connectivity index (χ3n) is 2.83. The molecule has 24 heavy (non-hydrogen) atoms. The number of esters is 1. The summed E-state index contributed by atoms with van der Waals surface area (Å²) in [7, 11) is 1.42. The van der Waals surface area contributed by atoms with Crippen LogP contribution >= 0.6 is 23.4 Å². The molecule has 0 bridgehead atoms. The van der Waals surface area contributed by atoms with Crippen LogP contribution in [0.3, 0.4) is 0 Å². The van der Waals surface area contributed by atoms with Crippen LogP contribution < -0.4 is 14.8 Å². The molecule has 1 aliphatic heterocycles. The first-order valence-corrected chi connectivity index (χ1v) is 8.04. The van der Waals surface area contributed by atoms with Crippen LogP contribution in [0, 0.1) is 0 Å². The summed E-state index contributed by atoms with van der Waals surface area (Å²) >= 11 is 6.96. The topological polar surface area (TPSA) is 90.9 Å². The molecule has 0 saturated carbocycles. The summed E-state index contributed by atoms with van der Waals surface area (Å²) in [4.78, 5) is 34.4. The Morgan fingerprint density at radius 2 is 2.12 bits per heavy atom. The normalized spacial score (nSPS) is 15.4. The summed E-state index contributed by atoms with van der Waals surface area (Å²) in [6.07, 6.45) is 1.51. The third kappa shape index (κ3) is 4.42. The molecule has 1 aromatic carbocycles. The molecular formula is C15H14ClNO6S. The molecule has 1 heterocycles. The van der Waals surface area contributed by atoms with E-state index in [1.807, 2.05) is 0 Å². The predicted molar refractivity (Wildman–Crippen MR) is 89.2 cm³/mol. The number of ether oxygens (including phenoxy) is 3. The number of carbonyl (C=O) groups is 3. The van der Waals surface area contributed by atoms with Crippen molar-refractivity contribution in [2.45, 2.75) is 6.92 Å². The first kappa shape index (κ1) is 18.2. The smallest absolute Gasteiger partial charge is 0.344 e. The third-order valence-corrected chi connectivity index (χ3v) is 3.92. The van der Waals surface area contributed by atoms with Gasteiger partial charge in [0.1, 0.15) is 0 Å². The molecule has 7 nitrogen and oxygen atoms in total. The molecule has 0 spiro atoms. The first-order chi connectivity index (χ1) is 11.4. The fourth-order valence-corrected chi connectivity index (χ4v) is 2.83. The van der Waals surface area contributed by atoms with E-state index in [0.29, 0.717) is 5.56 Å². The second-order valence-corrected chi connectivity index (χ2v) is 5.90. The molecule has 1 aliphatic rings. The Morgan fingerprint density at radius 3 is 2.71 bits per heavy atom. The standard InChI is InChI=1S/C15H14ClNO6S/c1-3-22-12(18)7-23-13-9(16)4-8(5-10(13)21-2)6-11-14(19)17-15(20)24-11/h4-6H,3,7H2,1-2H3,(H,17,19,20). The van der Waals surface area contributed by atoms with Gasteiger partial charge in [-0.2, -0.15) is 0 Å². The zero-order chi connectivity index (χ0) is 17.7. The maximum atomic E-state index is 11.6. The lowest BCUT2D eigenvalue weighted by Crippen LogP contribution is -2.17. The van der Waals surface area contributed by atoms with E-state index in [4.69, 9.17) is 25.8 Å². The number of imide groups is 1. The van der Waals surface area contributed by atoms with E-state index in [-0.39, 0.29) is 34.6 Å². The van der Waals surface area contributed by atoms with Crippen molar-refractivity contribution in [3.05, 3.63) is 27.6 Å². The Balaban J connectivity index is 2.24. The fraction of sp³-hybridized carbons (Fsp3) is 0.267. The zero-order valence-corrected chi connectivity index (χ0v) is 14.5. The van der Waals surface area contributed by atoms with Crippen LogP contribution in [-0.2, 0) is 14.3 Å². The summed E-state index contributed by atoms with van der Waals surface area (Å²) in [5.41, 5.74) is 0.549. The van der Waals surface area contributed by atoms with E-state index in [1.165, 1.54) is 19.3 Å². The van der Waals surface area contributed by atoms with Crippen molar-refractivity contribution in [1.29, 1.82) is 0 Å². The van der Waals surface area contributed by atoms with E-state index in [0.717, 1.165) is 11.8 Å². The van der Waals surface area contributed by atoms with Crippen molar-refractivity contribution in [3.63, 3.8) is 0 Å². The highest BCUT2D eigenvalue weighted by molar-refractivity contribution is 8.18. The van der Waals surface area contributed by atoms with Gasteiger partial charge in [0.25, 0.3) is 11.1 Å². The Morgan fingerprint density at radius 1 is 1.38 bits per heavy atom. The molecule has 1 aromatic rings. The van der Waals surface area contributed by atoms with Crippen LogP contribution in [0.4, 0.5) is 4.79 Å². The summed E-state index contributed by atoms with van der Waals surface area (Å²) in [5.74, 6) is -0.524. The molecule has 2 rings (SSSR count). The lowest BCUT2D eigenvalue weighted by molar-refractivity contribution is -0.145. The number of thioether (sulfide) groups is 1. The number of carbonyl (C=O) groups excluding carboxylic acids is 3. The minimum atomic E-state index is -0.528. The molecule has 0 aromatic heterocycles. The van der Waals surface area contributed by atoms with E-state index in [9.17, 15) is 14.4 Å². The van der Waals surface area contributed by atoms with Crippen LogP contribution in [0.5, 0.6) is 11.5 Å². The van der Waals surface area contributed by atoms with Crippen LogP contribution in [0.25, 0.3) is 6.08 Å². The fourth-order valence-electron chi connectivity index (χ4n) is 1.87. The Bertz CT molecular complexity index is 718. The van der Waals surface area contributed by atoms with Crippen molar-refractivity contribution in [1.82, 2.24) is 5.32 Å². The van der Waals surface area contributed by atoms with Gasteiger partial charge in [0.2, 0.25) is 0 Å². The summed E-state index contributed by atoms with van der Waals surface area (Å²) in [5, 5.41) is 1.93. The number of benzene rings is 1. The van der Waals surface area contributed by atoms with Gasteiger partial charge in [-0.1, -0.05) is 11.6 Å². The van der Waals surface area contributed by atoms with Gasteiger partial charge in [-0.05, 0) is 42.5 Å². The van der Waals surface area contributed by atoms with Crippen molar-refractivity contribution < 1.29 is 28.6 Å². The van der Waals surface area contributed by atoms with Crippen molar-refractivity contribution in [2.24, 2.45) is 0 Å². The summed E-state index contributed by atoms with van der Waals surface area (Å²) in [6.45, 7) is 1.63. The van der Waals surface area contributed by atoms with Gasteiger partial charge in [0.15, 0.2) is 18.1 Å². The van der Waals surface area contributed by atoms with Crippen LogP contribution in [0.2, 0.25) is 5.02 Å². The number of amides is 2. The maximum Gasteiger partial charge on any atom is 0.344 e. The Hall–Kier alpha value is -2.19. The largest absolute Gasteiger partial charge is 0.493 e. The average molecular weight is 372 g/mol. The van der Waals surface area contributed by atoms with Crippen molar-refractivity contribution in [2.75, 3.05) is 20.3 Å². The van der Waals surface area contributed by atoms with Crippen molar-refractivity contribution in [3.8, 4) is 11.5 Å². The van der Waals surface area contributed by atoms with E-state index in [1.54, 1.807) is 13.0 Å². The van der Waals surface area contributed by atoms with Crippen molar-refractivity contribution >= 4 is 46.6 Å². The monoisotopic (exact) mass is 371 g/mol. The van der Waals surface area contributed by atoms with Gasteiger partial charge in [-0.3, -0.25) is 14.9 Å². The quantitative estimate of drug-likeness (QED) is 0.607. The molecule has 0 unspecified atom stereocenters. The van der Waals surface area contributed by atoms with E-state index < -0.39 is 17.1 Å². The molecule has 0 radical (unpaired) electrons. The van der Waals surface area contributed by atoms with Gasteiger partial charge in [-0.25, -0.2) is 4.79 Å². The molecule has 1 saturated heterocycles. The van der Waals surface area contributed by atoms with Gasteiger partial charge >= 0.3 is 5.97 Å². The summed E-state index contributed by atoms with van der Waals surface area (Å²) in [6, 6.07) is 3.12. The second-order valence-electron chi connectivity index (χ2n) is 4.48. The number of nitrogens with one attached hydrogen (secondary N) is 1. The number of hydrogen-bond acceptors (Lipinski definition) is 7.